The molecule has 0 radical (unpaired) electrons. The van der Waals surface area contributed by atoms with Crippen molar-refractivity contribution in [3.63, 3.8) is 0 Å². The average molecular weight is 313 g/mol. The number of methoxy groups -OCH3 is 1. The lowest BCUT2D eigenvalue weighted by atomic mass is 10.1. The largest absolute Gasteiger partial charge is 0.385 e. The Kier molecular flexibility index (Phi) is 5.77. The second kappa shape index (κ2) is 7.58. The summed E-state index contributed by atoms with van der Waals surface area (Å²) in [6.45, 7) is 2.86. The van der Waals surface area contributed by atoms with Crippen LogP contribution >= 0.6 is 11.3 Å². The fourth-order valence-corrected chi connectivity index (χ4v) is 3.24. The van der Waals surface area contributed by atoms with Crippen LogP contribution in [0.25, 0.3) is 0 Å². The summed E-state index contributed by atoms with van der Waals surface area (Å²) in [6.07, 6.45) is 2.85. The van der Waals surface area contributed by atoms with Gasteiger partial charge in [-0.1, -0.05) is 11.3 Å². The van der Waals surface area contributed by atoms with E-state index in [1.54, 1.807) is 7.11 Å². The number of nitrogen functional groups attached to an aromatic ring is 1. The molecule has 2 heterocycles. The molecule has 0 aromatic carbocycles. The van der Waals surface area contributed by atoms with Gasteiger partial charge < -0.3 is 26.4 Å². The van der Waals surface area contributed by atoms with Gasteiger partial charge in [-0.2, -0.15) is 0 Å². The summed E-state index contributed by atoms with van der Waals surface area (Å²) in [5.74, 6) is 0.118. The fourth-order valence-electron chi connectivity index (χ4n) is 2.30. The third-order valence-corrected chi connectivity index (χ3v) is 4.52. The molecule has 1 fully saturated rings. The van der Waals surface area contributed by atoms with E-state index < -0.39 is 0 Å². The maximum atomic E-state index is 12.1. The number of carbonyl (C=O) groups is 1. The fraction of sp³-hybridized carbons (Fsp3) is 0.692. The molecule has 2 rings (SSSR count). The highest BCUT2D eigenvalue weighted by Gasteiger charge is 2.23. The number of ether oxygens (including phenoxy) is 1. The van der Waals surface area contributed by atoms with Crippen LogP contribution in [0.15, 0.2) is 0 Å². The second-order valence-electron chi connectivity index (χ2n) is 5.16. The van der Waals surface area contributed by atoms with Crippen LogP contribution in [0, 0.1) is 0 Å². The molecule has 1 unspecified atom stereocenters. The van der Waals surface area contributed by atoms with Crippen molar-refractivity contribution >= 4 is 28.2 Å². The lowest BCUT2D eigenvalue weighted by Crippen LogP contribution is -2.42. The summed E-state index contributed by atoms with van der Waals surface area (Å²) < 4.78 is 4.94. The molecule has 5 N–H and O–H groups in total. The molecule has 0 aliphatic carbocycles. The average Bonchev–Trinajstić information content (AvgIpc) is 2.85. The quantitative estimate of drug-likeness (QED) is 0.657. The van der Waals surface area contributed by atoms with Crippen LogP contribution in [-0.4, -0.2) is 50.3 Å². The van der Waals surface area contributed by atoms with Gasteiger partial charge in [-0.3, -0.25) is 4.79 Å². The second-order valence-corrected chi connectivity index (χ2v) is 6.14. The minimum atomic E-state index is -0.173. The Morgan fingerprint density at radius 3 is 3.14 bits per heavy atom. The van der Waals surface area contributed by atoms with Gasteiger partial charge in [0.15, 0.2) is 5.13 Å². The molecule has 8 heteroatoms. The number of aromatic nitrogens is 1. The summed E-state index contributed by atoms with van der Waals surface area (Å²) in [5.41, 5.74) is 11.8. The molecule has 1 aliphatic heterocycles. The summed E-state index contributed by atoms with van der Waals surface area (Å²) in [7, 11) is 1.64. The van der Waals surface area contributed by atoms with Crippen LogP contribution in [-0.2, 0) is 4.74 Å². The van der Waals surface area contributed by atoms with Gasteiger partial charge in [0.05, 0.1) is 0 Å². The summed E-state index contributed by atoms with van der Waals surface area (Å²) in [6, 6.07) is 0.162. The number of nitrogens with two attached hydrogens (primary N) is 2. The smallest absolute Gasteiger partial charge is 0.265 e. The van der Waals surface area contributed by atoms with Gasteiger partial charge in [0.25, 0.3) is 5.91 Å². The lowest BCUT2D eigenvalue weighted by Gasteiger charge is -2.30. The number of nitrogens with zero attached hydrogens (tertiary/aromatic N) is 2. The highest BCUT2D eigenvalue weighted by Crippen LogP contribution is 2.29. The number of carbonyl (C=O) groups excluding carboxylic acids is 1. The van der Waals surface area contributed by atoms with Crippen molar-refractivity contribution in [1.29, 1.82) is 0 Å². The molecular formula is C13H23N5O2S. The lowest BCUT2D eigenvalue weighted by molar-refractivity contribution is 0.0953. The Hall–Kier alpha value is -1.38. The Morgan fingerprint density at radius 2 is 2.43 bits per heavy atom. The minimum absolute atomic E-state index is 0.162. The molecular weight excluding hydrogens is 290 g/mol. The summed E-state index contributed by atoms with van der Waals surface area (Å²) in [5, 5.41) is 3.61. The van der Waals surface area contributed by atoms with Crippen molar-refractivity contribution in [1.82, 2.24) is 10.3 Å². The van der Waals surface area contributed by atoms with Gasteiger partial charge in [-0.05, 0) is 19.3 Å². The molecule has 0 spiro atoms. The van der Waals surface area contributed by atoms with Crippen molar-refractivity contribution in [3.8, 4) is 0 Å². The number of piperidine rings is 1. The molecule has 7 nitrogen and oxygen atoms in total. The van der Waals surface area contributed by atoms with Crippen LogP contribution in [0.4, 0.5) is 10.9 Å². The first kappa shape index (κ1) is 16.0. The number of hydrogen-bond donors (Lipinski definition) is 3. The van der Waals surface area contributed by atoms with E-state index in [0.717, 1.165) is 37.5 Å². The Labute approximate surface area is 128 Å². The van der Waals surface area contributed by atoms with E-state index in [4.69, 9.17) is 16.2 Å². The van der Waals surface area contributed by atoms with Crippen molar-refractivity contribution in [2.24, 2.45) is 5.73 Å². The van der Waals surface area contributed by atoms with Crippen LogP contribution in [0.2, 0.25) is 0 Å². The van der Waals surface area contributed by atoms with E-state index in [1.807, 2.05) is 0 Å². The third kappa shape index (κ3) is 4.29. The maximum Gasteiger partial charge on any atom is 0.265 e. The number of nitrogens with one attached hydrogen (secondary N) is 1. The zero-order valence-electron chi connectivity index (χ0n) is 12.3. The van der Waals surface area contributed by atoms with Crippen LogP contribution in [0.3, 0.4) is 0 Å². The SMILES string of the molecule is COCCCNC(=O)c1sc(N2CCCC(N)C2)nc1N. The standard InChI is InChI=1S/C13H23N5O2S/c1-20-7-3-5-16-12(19)10-11(15)17-13(21-10)18-6-2-4-9(14)8-18/h9H,2-8,14-15H2,1H3,(H,16,19). The molecule has 1 atom stereocenters. The summed E-state index contributed by atoms with van der Waals surface area (Å²) in [4.78, 5) is 19.0. The van der Waals surface area contributed by atoms with Crippen molar-refractivity contribution in [3.05, 3.63) is 4.88 Å². The first-order valence-corrected chi connectivity index (χ1v) is 7.97. The van der Waals surface area contributed by atoms with Gasteiger partial charge in [-0.25, -0.2) is 4.98 Å². The summed E-state index contributed by atoms with van der Waals surface area (Å²) >= 11 is 1.33. The highest BCUT2D eigenvalue weighted by molar-refractivity contribution is 7.18. The molecule has 1 aromatic rings. The van der Waals surface area contributed by atoms with Crippen LogP contribution in [0.1, 0.15) is 28.9 Å². The van der Waals surface area contributed by atoms with Gasteiger partial charge in [0.1, 0.15) is 10.7 Å². The molecule has 1 amide bonds. The van der Waals surface area contributed by atoms with E-state index in [0.29, 0.717) is 23.8 Å². The molecule has 0 saturated carbocycles. The van der Waals surface area contributed by atoms with E-state index in [-0.39, 0.29) is 11.9 Å². The van der Waals surface area contributed by atoms with Gasteiger partial charge in [0, 0.05) is 39.4 Å². The highest BCUT2D eigenvalue weighted by atomic mass is 32.1. The normalized spacial score (nSPS) is 18.8. The van der Waals surface area contributed by atoms with Gasteiger partial charge in [0.2, 0.25) is 0 Å². The van der Waals surface area contributed by atoms with Crippen molar-refractivity contribution in [2.45, 2.75) is 25.3 Å². The number of thiazole rings is 1. The Morgan fingerprint density at radius 1 is 1.62 bits per heavy atom. The predicted octanol–water partition coefficient (Wildman–Crippen LogP) is 0.419. The Balaban J connectivity index is 1.96. The van der Waals surface area contributed by atoms with Crippen LogP contribution < -0.4 is 21.7 Å². The van der Waals surface area contributed by atoms with E-state index in [2.05, 4.69) is 15.2 Å². The molecule has 1 aromatic heterocycles. The third-order valence-electron chi connectivity index (χ3n) is 3.39. The van der Waals surface area contributed by atoms with Gasteiger partial charge >= 0.3 is 0 Å². The predicted molar refractivity (Wildman–Crippen MR) is 84.8 cm³/mol. The molecule has 1 saturated heterocycles. The molecule has 21 heavy (non-hydrogen) atoms. The minimum Gasteiger partial charge on any atom is -0.385 e. The van der Waals surface area contributed by atoms with Crippen LogP contribution in [0.5, 0.6) is 0 Å². The van der Waals surface area contributed by atoms with E-state index >= 15 is 0 Å². The monoisotopic (exact) mass is 313 g/mol. The maximum absolute atomic E-state index is 12.1. The Bertz CT molecular complexity index is 479. The first-order chi connectivity index (χ1) is 10.1. The first-order valence-electron chi connectivity index (χ1n) is 7.15. The number of rotatable bonds is 6. The number of hydrogen-bond acceptors (Lipinski definition) is 7. The number of amides is 1. The molecule has 118 valence electrons. The molecule has 1 aliphatic rings. The van der Waals surface area contributed by atoms with E-state index in [9.17, 15) is 4.79 Å². The van der Waals surface area contributed by atoms with Crippen molar-refractivity contribution in [2.75, 3.05) is 44.0 Å². The molecule has 0 bridgehead atoms. The van der Waals surface area contributed by atoms with E-state index in [1.165, 1.54) is 11.3 Å². The van der Waals surface area contributed by atoms with Gasteiger partial charge in [-0.15, -0.1) is 0 Å². The topological polar surface area (TPSA) is 106 Å². The zero-order chi connectivity index (χ0) is 15.2. The number of anilines is 2. The zero-order valence-corrected chi connectivity index (χ0v) is 13.1. The van der Waals surface area contributed by atoms with Crippen molar-refractivity contribution < 1.29 is 9.53 Å².